The number of aromatic nitrogens is 5. The van der Waals surface area contributed by atoms with E-state index in [4.69, 9.17) is 27.9 Å². The second kappa shape index (κ2) is 4.40. The van der Waals surface area contributed by atoms with Gasteiger partial charge in [-0.25, -0.2) is 0 Å². The number of fused-ring (bicyclic) bond motifs is 1. The molecule has 0 unspecified atom stereocenters. The van der Waals surface area contributed by atoms with Gasteiger partial charge in [0.05, 0.1) is 5.02 Å². The molecule has 8 heteroatoms. The summed E-state index contributed by atoms with van der Waals surface area (Å²) in [5.41, 5.74) is 0.527. The van der Waals surface area contributed by atoms with Crippen molar-refractivity contribution in [2.24, 2.45) is 0 Å². The summed E-state index contributed by atoms with van der Waals surface area (Å²) < 4.78 is 6.78. The van der Waals surface area contributed by atoms with E-state index >= 15 is 0 Å². The Bertz CT molecular complexity index is 714. The fourth-order valence-electron chi connectivity index (χ4n) is 1.36. The van der Waals surface area contributed by atoms with Crippen LogP contribution in [0, 0.1) is 0 Å². The maximum Gasteiger partial charge on any atom is 0.239 e. The molecule has 0 atom stereocenters. The van der Waals surface area contributed by atoms with Crippen LogP contribution in [0.3, 0.4) is 0 Å². The van der Waals surface area contributed by atoms with Crippen LogP contribution in [0.4, 0.5) is 0 Å². The maximum absolute atomic E-state index is 6.01. The Morgan fingerprint density at radius 2 is 2.00 bits per heavy atom. The predicted octanol–water partition coefficient (Wildman–Crippen LogP) is 2.62. The first-order valence-corrected chi connectivity index (χ1v) is 5.67. The van der Waals surface area contributed by atoms with Crippen molar-refractivity contribution in [1.82, 2.24) is 25.3 Å². The van der Waals surface area contributed by atoms with Crippen molar-refractivity contribution in [2.45, 2.75) is 0 Å². The van der Waals surface area contributed by atoms with Gasteiger partial charge in [-0.3, -0.25) is 0 Å². The second-order valence-electron chi connectivity index (χ2n) is 3.35. The van der Waals surface area contributed by atoms with Gasteiger partial charge in [0.2, 0.25) is 5.88 Å². The SMILES string of the molecule is Clc1cccc(Oc2ccc3nnnn3n2)c1Cl. The van der Waals surface area contributed by atoms with E-state index in [1.807, 2.05) is 0 Å². The lowest BCUT2D eigenvalue weighted by Crippen LogP contribution is -1.97. The Kier molecular flexibility index (Phi) is 2.73. The smallest absolute Gasteiger partial charge is 0.239 e. The molecule has 0 radical (unpaired) electrons. The van der Waals surface area contributed by atoms with E-state index in [9.17, 15) is 0 Å². The molecule has 0 aliphatic carbocycles. The molecule has 0 aliphatic rings. The van der Waals surface area contributed by atoms with Crippen LogP contribution in [-0.2, 0) is 0 Å². The third-order valence-corrected chi connectivity index (χ3v) is 2.98. The maximum atomic E-state index is 6.01. The lowest BCUT2D eigenvalue weighted by atomic mass is 10.3. The van der Waals surface area contributed by atoms with Gasteiger partial charge in [-0.15, -0.1) is 14.8 Å². The monoisotopic (exact) mass is 281 g/mol. The molecule has 0 saturated heterocycles. The van der Waals surface area contributed by atoms with E-state index in [0.29, 0.717) is 27.3 Å². The van der Waals surface area contributed by atoms with Crippen molar-refractivity contribution < 1.29 is 4.74 Å². The summed E-state index contributed by atoms with van der Waals surface area (Å²) in [5.74, 6) is 0.739. The Hall–Kier alpha value is -1.92. The predicted molar refractivity (Wildman–Crippen MR) is 65.1 cm³/mol. The summed E-state index contributed by atoms with van der Waals surface area (Å²) in [6.07, 6.45) is 0. The highest BCUT2D eigenvalue weighted by atomic mass is 35.5. The van der Waals surface area contributed by atoms with Crippen molar-refractivity contribution >= 4 is 28.8 Å². The molecule has 3 rings (SSSR count). The fourth-order valence-corrected chi connectivity index (χ4v) is 1.69. The molecule has 90 valence electrons. The Morgan fingerprint density at radius 3 is 2.89 bits per heavy atom. The summed E-state index contributed by atoms with van der Waals surface area (Å²) in [4.78, 5) is 0. The topological polar surface area (TPSA) is 65.2 Å². The largest absolute Gasteiger partial charge is 0.436 e. The van der Waals surface area contributed by atoms with Gasteiger partial charge in [-0.2, -0.15) is 0 Å². The highest BCUT2D eigenvalue weighted by Gasteiger charge is 2.08. The first-order valence-electron chi connectivity index (χ1n) is 4.91. The van der Waals surface area contributed by atoms with Gasteiger partial charge in [-0.1, -0.05) is 29.3 Å². The quantitative estimate of drug-likeness (QED) is 0.722. The number of hydrogen-bond donors (Lipinski definition) is 0. The van der Waals surface area contributed by atoms with E-state index in [1.54, 1.807) is 30.3 Å². The van der Waals surface area contributed by atoms with Crippen molar-refractivity contribution in [2.75, 3.05) is 0 Å². The molecule has 0 N–H and O–H groups in total. The average molecular weight is 282 g/mol. The number of halogens is 2. The van der Waals surface area contributed by atoms with Crippen LogP contribution in [0.25, 0.3) is 5.65 Å². The first-order chi connectivity index (χ1) is 8.74. The standard InChI is InChI=1S/C10H5Cl2N5O/c11-6-2-1-3-7(10(6)12)18-9-5-4-8-13-15-16-17(8)14-9/h1-5H. The van der Waals surface area contributed by atoms with Crippen LogP contribution in [0.5, 0.6) is 11.6 Å². The molecule has 3 aromatic rings. The minimum atomic E-state index is 0.318. The summed E-state index contributed by atoms with van der Waals surface area (Å²) in [5, 5.41) is 15.7. The molecule has 0 saturated carbocycles. The molecule has 0 fully saturated rings. The minimum absolute atomic E-state index is 0.318. The Balaban J connectivity index is 1.98. The van der Waals surface area contributed by atoms with Gasteiger partial charge in [-0.05, 0) is 28.6 Å². The fraction of sp³-hybridized carbons (Fsp3) is 0. The molecule has 0 amide bonds. The Morgan fingerprint density at radius 1 is 1.11 bits per heavy atom. The van der Waals surface area contributed by atoms with E-state index in [1.165, 1.54) is 4.63 Å². The lowest BCUT2D eigenvalue weighted by Gasteiger charge is -2.06. The van der Waals surface area contributed by atoms with E-state index in [0.717, 1.165) is 0 Å². The highest BCUT2D eigenvalue weighted by Crippen LogP contribution is 2.33. The van der Waals surface area contributed by atoms with Gasteiger partial charge in [0.1, 0.15) is 10.8 Å². The number of rotatable bonds is 2. The number of tetrazole rings is 1. The average Bonchev–Trinajstić information content (AvgIpc) is 2.82. The summed E-state index contributed by atoms with van der Waals surface area (Å²) >= 11 is 11.9. The molecule has 2 aromatic heterocycles. The summed E-state index contributed by atoms with van der Waals surface area (Å²) in [6, 6.07) is 8.43. The number of hydrogen-bond acceptors (Lipinski definition) is 5. The number of benzene rings is 1. The lowest BCUT2D eigenvalue weighted by molar-refractivity contribution is 0.447. The molecule has 1 aromatic carbocycles. The van der Waals surface area contributed by atoms with Crippen LogP contribution < -0.4 is 4.74 Å². The zero-order valence-electron chi connectivity index (χ0n) is 8.79. The van der Waals surface area contributed by atoms with Crippen molar-refractivity contribution in [3.05, 3.63) is 40.4 Å². The van der Waals surface area contributed by atoms with Crippen LogP contribution >= 0.6 is 23.2 Å². The summed E-state index contributed by atoms with van der Waals surface area (Å²) in [7, 11) is 0. The number of nitrogens with zero attached hydrogens (tertiary/aromatic N) is 5. The molecule has 2 heterocycles. The normalized spacial score (nSPS) is 10.8. The summed E-state index contributed by atoms with van der Waals surface area (Å²) in [6.45, 7) is 0. The minimum Gasteiger partial charge on any atom is -0.436 e. The molecular formula is C10H5Cl2N5O. The van der Waals surface area contributed by atoms with Gasteiger partial charge < -0.3 is 4.74 Å². The second-order valence-corrected chi connectivity index (χ2v) is 4.14. The third-order valence-electron chi connectivity index (χ3n) is 2.18. The molecule has 0 aliphatic heterocycles. The van der Waals surface area contributed by atoms with E-state index in [2.05, 4.69) is 20.6 Å². The zero-order chi connectivity index (χ0) is 12.5. The van der Waals surface area contributed by atoms with Crippen LogP contribution in [0.2, 0.25) is 10.0 Å². The molecule has 0 spiro atoms. The number of ether oxygens (including phenoxy) is 1. The van der Waals surface area contributed by atoms with E-state index in [-0.39, 0.29) is 0 Å². The van der Waals surface area contributed by atoms with Crippen molar-refractivity contribution in [1.29, 1.82) is 0 Å². The van der Waals surface area contributed by atoms with Gasteiger partial charge >= 0.3 is 0 Å². The molecule has 18 heavy (non-hydrogen) atoms. The van der Waals surface area contributed by atoms with Crippen LogP contribution in [0.15, 0.2) is 30.3 Å². The van der Waals surface area contributed by atoms with Crippen LogP contribution in [-0.4, -0.2) is 25.3 Å². The van der Waals surface area contributed by atoms with Crippen molar-refractivity contribution in [3.63, 3.8) is 0 Å². The van der Waals surface area contributed by atoms with Crippen molar-refractivity contribution in [3.8, 4) is 11.6 Å². The molecule has 6 nitrogen and oxygen atoms in total. The first kappa shape index (κ1) is 11.2. The third kappa shape index (κ3) is 1.96. The Labute approximate surface area is 111 Å². The highest BCUT2D eigenvalue weighted by molar-refractivity contribution is 6.42. The van der Waals surface area contributed by atoms with Gasteiger partial charge in [0, 0.05) is 6.07 Å². The van der Waals surface area contributed by atoms with Crippen LogP contribution in [0.1, 0.15) is 0 Å². The van der Waals surface area contributed by atoms with Gasteiger partial charge in [0.25, 0.3) is 0 Å². The molecule has 0 bridgehead atoms. The van der Waals surface area contributed by atoms with Gasteiger partial charge in [0.15, 0.2) is 5.65 Å². The van der Waals surface area contributed by atoms with E-state index < -0.39 is 0 Å². The zero-order valence-corrected chi connectivity index (χ0v) is 10.3. The molecular weight excluding hydrogens is 277 g/mol.